The first kappa shape index (κ1) is 10.7. The average Bonchev–Trinajstić information content (AvgIpc) is 2.26. The standard InChI is InChI=1S/C13H16O/c1-3-6-12(4-2)13-8-5-7-11(9-13)10-14/h4-5,7-10,12H,2-3,6H2,1H3. The van der Waals surface area contributed by atoms with Crippen LogP contribution < -0.4 is 0 Å². The molecular weight excluding hydrogens is 172 g/mol. The molecule has 14 heavy (non-hydrogen) atoms. The minimum Gasteiger partial charge on any atom is -0.298 e. The lowest BCUT2D eigenvalue weighted by atomic mass is 9.93. The van der Waals surface area contributed by atoms with E-state index in [0.29, 0.717) is 5.92 Å². The third-order valence-electron chi connectivity index (χ3n) is 2.36. The van der Waals surface area contributed by atoms with E-state index >= 15 is 0 Å². The second-order valence-electron chi connectivity index (χ2n) is 3.42. The first-order valence-electron chi connectivity index (χ1n) is 4.99. The first-order valence-corrected chi connectivity index (χ1v) is 4.99. The topological polar surface area (TPSA) is 17.1 Å². The molecule has 0 aliphatic carbocycles. The van der Waals surface area contributed by atoms with E-state index in [-0.39, 0.29) is 0 Å². The smallest absolute Gasteiger partial charge is 0.150 e. The minimum absolute atomic E-state index is 0.375. The summed E-state index contributed by atoms with van der Waals surface area (Å²) < 4.78 is 0. The van der Waals surface area contributed by atoms with Gasteiger partial charge in [0.05, 0.1) is 0 Å². The number of aldehydes is 1. The second-order valence-corrected chi connectivity index (χ2v) is 3.42. The second kappa shape index (κ2) is 5.38. The fraction of sp³-hybridized carbons (Fsp3) is 0.308. The third-order valence-corrected chi connectivity index (χ3v) is 2.36. The molecule has 0 spiro atoms. The fourth-order valence-corrected chi connectivity index (χ4v) is 1.59. The van der Waals surface area contributed by atoms with E-state index in [2.05, 4.69) is 19.6 Å². The summed E-state index contributed by atoms with van der Waals surface area (Å²) in [5.41, 5.74) is 1.93. The van der Waals surface area contributed by atoms with Crippen molar-refractivity contribution in [2.75, 3.05) is 0 Å². The number of benzene rings is 1. The van der Waals surface area contributed by atoms with Gasteiger partial charge in [-0.1, -0.05) is 37.6 Å². The van der Waals surface area contributed by atoms with E-state index in [1.165, 1.54) is 5.56 Å². The molecule has 1 heteroatoms. The summed E-state index contributed by atoms with van der Waals surface area (Å²) in [7, 11) is 0. The zero-order chi connectivity index (χ0) is 10.4. The van der Waals surface area contributed by atoms with Gasteiger partial charge >= 0.3 is 0 Å². The molecule has 0 fully saturated rings. The van der Waals surface area contributed by atoms with Crippen LogP contribution in [0.25, 0.3) is 0 Å². The van der Waals surface area contributed by atoms with Crippen LogP contribution in [0.2, 0.25) is 0 Å². The number of allylic oxidation sites excluding steroid dienone is 1. The highest BCUT2D eigenvalue weighted by Gasteiger charge is 2.06. The van der Waals surface area contributed by atoms with Gasteiger partial charge in [-0.05, 0) is 18.1 Å². The van der Waals surface area contributed by atoms with Crippen molar-refractivity contribution < 1.29 is 4.79 Å². The van der Waals surface area contributed by atoms with Crippen molar-refractivity contribution in [3.05, 3.63) is 48.0 Å². The van der Waals surface area contributed by atoms with Gasteiger partial charge in [0.15, 0.2) is 0 Å². The van der Waals surface area contributed by atoms with Gasteiger partial charge < -0.3 is 0 Å². The largest absolute Gasteiger partial charge is 0.298 e. The van der Waals surface area contributed by atoms with E-state index in [0.717, 1.165) is 24.7 Å². The Morgan fingerprint density at radius 1 is 1.50 bits per heavy atom. The molecule has 0 saturated carbocycles. The van der Waals surface area contributed by atoms with Gasteiger partial charge in [-0.15, -0.1) is 6.58 Å². The molecular formula is C13H16O. The van der Waals surface area contributed by atoms with E-state index in [1.54, 1.807) is 0 Å². The van der Waals surface area contributed by atoms with Crippen molar-refractivity contribution in [1.29, 1.82) is 0 Å². The van der Waals surface area contributed by atoms with E-state index < -0.39 is 0 Å². The van der Waals surface area contributed by atoms with Gasteiger partial charge in [-0.2, -0.15) is 0 Å². The molecule has 1 rings (SSSR count). The highest BCUT2D eigenvalue weighted by molar-refractivity contribution is 5.75. The van der Waals surface area contributed by atoms with E-state index in [1.807, 2.05) is 24.3 Å². The summed E-state index contributed by atoms with van der Waals surface area (Å²) in [4.78, 5) is 10.6. The lowest BCUT2D eigenvalue weighted by Crippen LogP contribution is -1.95. The molecule has 0 N–H and O–H groups in total. The van der Waals surface area contributed by atoms with Crippen LogP contribution in [-0.4, -0.2) is 6.29 Å². The fourth-order valence-electron chi connectivity index (χ4n) is 1.59. The summed E-state index contributed by atoms with van der Waals surface area (Å²) in [6.45, 7) is 5.98. The Bertz CT molecular complexity index is 315. The van der Waals surface area contributed by atoms with Crippen molar-refractivity contribution in [1.82, 2.24) is 0 Å². The maximum Gasteiger partial charge on any atom is 0.150 e. The molecule has 0 aliphatic heterocycles. The summed E-state index contributed by atoms with van der Waals surface area (Å²) >= 11 is 0. The molecule has 0 bridgehead atoms. The van der Waals surface area contributed by atoms with E-state index in [4.69, 9.17) is 0 Å². The average molecular weight is 188 g/mol. The highest BCUT2D eigenvalue weighted by atomic mass is 16.1. The Balaban J connectivity index is 2.91. The molecule has 1 nitrogen and oxygen atoms in total. The van der Waals surface area contributed by atoms with Crippen molar-refractivity contribution in [3.63, 3.8) is 0 Å². The molecule has 1 aromatic carbocycles. The lowest BCUT2D eigenvalue weighted by Gasteiger charge is -2.11. The van der Waals surface area contributed by atoms with Crippen LogP contribution in [0.3, 0.4) is 0 Å². The molecule has 1 unspecified atom stereocenters. The Kier molecular flexibility index (Phi) is 4.11. The number of carbonyl (C=O) groups excluding carboxylic acids is 1. The van der Waals surface area contributed by atoms with Gasteiger partial charge in [0, 0.05) is 11.5 Å². The molecule has 0 radical (unpaired) electrons. The highest BCUT2D eigenvalue weighted by Crippen LogP contribution is 2.22. The van der Waals surface area contributed by atoms with Crippen molar-refractivity contribution >= 4 is 6.29 Å². The number of carbonyl (C=O) groups is 1. The van der Waals surface area contributed by atoms with Crippen molar-refractivity contribution in [3.8, 4) is 0 Å². The Morgan fingerprint density at radius 3 is 2.86 bits per heavy atom. The van der Waals surface area contributed by atoms with Crippen LogP contribution in [0.15, 0.2) is 36.9 Å². The normalized spacial score (nSPS) is 12.1. The molecule has 0 aromatic heterocycles. The van der Waals surface area contributed by atoms with Gasteiger partial charge in [0.1, 0.15) is 6.29 Å². The number of hydrogen-bond donors (Lipinski definition) is 0. The predicted molar refractivity (Wildman–Crippen MR) is 59.7 cm³/mol. The maximum atomic E-state index is 10.6. The van der Waals surface area contributed by atoms with E-state index in [9.17, 15) is 4.79 Å². The van der Waals surface area contributed by atoms with Gasteiger partial charge in [0.25, 0.3) is 0 Å². The van der Waals surface area contributed by atoms with Crippen LogP contribution in [-0.2, 0) is 0 Å². The van der Waals surface area contributed by atoms with Crippen molar-refractivity contribution in [2.45, 2.75) is 25.7 Å². The number of rotatable bonds is 5. The SMILES string of the molecule is C=CC(CCC)c1cccc(C=O)c1. The van der Waals surface area contributed by atoms with Crippen LogP contribution in [0.1, 0.15) is 41.6 Å². The molecule has 0 aliphatic rings. The predicted octanol–water partition coefficient (Wildman–Crippen LogP) is 3.57. The molecule has 0 heterocycles. The zero-order valence-electron chi connectivity index (χ0n) is 8.57. The van der Waals surface area contributed by atoms with Crippen LogP contribution >= 0.6 is 0 Å². The first-order chi connectivity index (χ1) is 6.81. The Labute approximate surface area is 85.5 Å². The summed E-state index contributed by atoms with van der Waals surface area (Å²) in [5, 5.41) is 0. The Morgan fingerprint density at radius 2 is 2.29 bits per heavy atom. The molecule has 1 atom stereocenters. The Hall–Kier alpha value is -1.37. The van der Waals surface area contributed by atoms with Crippen LogP contribution in [0.5, 0.6) is 0 Å². The van der Waals surface area contributed by atoms with Crippen LogP contribution in [0, 0.1) is 0 Å². The minimum atomic E-state index is 0.375. The molecule has 74 valence electrons. The molecule has 1 aromatic rings. The third kappa shape index (κ3) is 2.56. The summed E-state index contributed by atoms with van der Waals surface area (Å²) in [6.07, 6.45) is 5.05. The monoisotopic (exact) mass is 188 g/mol. The van der Waals surface area contributed by atoms with Crippen LogP contribution in [0.4, 0.5) is 0 Å². The summed E-state index contributed by atoms with van der Waals surface area (Å²) in [5.74, 6) is 0.375. The van der Waals surface area contributed by atoms with Gasteiger partial charge in [-0.25, -0.2) is 0 Å². The molecule has 0 saturated heterocycles. The summed E-state index contributed by atoms with van der Waals surface area (Å²) in [6, 6.07) is 7.73. The van der Waals surface area contributed by atoms with Gasteiger partial charge in [0.2, 0.25) is 0 Å². The van der Waals surface area contributed by atoms with Gasteiger partial charge in [-0.3, -0.25) is 4.79 Å². The zero-order valence-corrected chi connectivity index (χ0v) is 8.57. The van der Waals surface area contributed by atoms with Crippen molar-refractivity contribution in [2.24, 2.45) is 0 Å². The lowest BCUT2D eigenvalue weighted by molar-refractivity contribution is 0.112. The quantitative estimate of drug-likeness (QED) is 0.510. The maximum absolute atomic E-state index is 10.6. The molecule has 0 amide bonds. The number of hydrogen-bond acceptors (Lipinski definition) is 1.